The second-order valence-electron chi connectivity index (χ2n) is 6.13. The van der Waals surface area contributed by atoms with Gasteiger partial charge in [0.25, 0.3) is 0 Å². The quantitative estimate of drug-likeness (QED) is 0.561. The fourth-order valence-corrected chi connectivity index (χ4v) is 4.77. The molecule has 4 bridgehead atoms. The van der Waals surface area contributed by atoms with E-state index in [0.29, 0.717) is 35.5 Å². The molecule has 0 spiro atoms. The van der Waals surface area contributed by atoms with Gasteiger partial charge in [0.2, 0.25) is 0 Å². The van der Waals surface area contributed by atoms with E-state index in [0.717, 1.165) is 0 Å². The van der Waals surface area contributed by atoms with Crippen molar-refractivity contribution in [3.05, 3.63) is 0 Å². The lowest BCUT2D eigenvalue weighted by molar-refractivity contribution is -0.641. The monoisotopic (exact) mass is 219 g/mol. The highest BCUT2D eigenvalue weighted by Crippen LogP contribution is 2.58. The Morgan fingerprint density at radius 2 is 1.88 bits per heavy atom. The van der Waals surface area contributed by atoms with E-state index in [1.165, 1.54) is 25.7 Å². The van der Waals surface area contributed by atoms with Crippen LogP contribution in [-0.4, -0.2) is 35.9 Å². The third-order valence-electron chi connectivity index (χ3n) is 5.61. The number of hydrogen-bond acceptors (Lipinski definition) is 3. The molecule has 0 saturated heterocycles. The first-order valence-electron chi connectivity index (χ1n) is 6.55. The molecule has 4 heterocycles. The van der Waals surface area contributed by atoms with Crippen LogP contribution in [0.5, 0.6) is 0 Å². The van der Waals surface area contributed by atoms with Gasteiger partial charge in [-0.25, -0.2) is 0 Å². The minimum Gasteiger partial charge on any atom is -0.190 e. The number of fused-ring (bicyclic) bond motifs is 2. The van der Waals surface area contributed by atoms with Crippen molar-refractivity contribution in [1.82, 2.24) is 0 Å². The summed E-state index contributed by atoms with van der Waals surface area (Å²) in [5, 5.41) is 13.9. The maximum Gasteiger partial charge on any atom is 0.183 e. The van der Waals surface area contributed by atoms with Gasteiger partial charge in [-0.15, -0.1) is 4.70 Å². The molecule has 6 atom stereocenters. The van der Waals surface area contributed by atoms with Gasteiger partial charge in [-0.05, 0) is 24.4 Å². The second kappa shape index (κ2) is 2.71. The maximum absolute atomic E-state index is 4.86. The van der Waals surface area contributed by atoms with Crippen molar-refractivity contribution in [2.24, 2.45) is 26.7 Å². The average molecular weight is 219 g/mol. The van der Waals surface area contributed by atoms with Gasteiger partial charge in [-0.3, -0.25) is 0 Å². The van der Waals surface area contributed by atoms with Crippen molar-refractivity contribution in [1.29, 1.82) is 0 Å². The molecule has 0 amide bonds. The Hall–Kier alpha value is -0.800. The third kappa shape index (κ3) is 0.846. The molecule has 0 unspecified atom stereocenters. The molecule has 86 valence electrons. The number of azo groups is 3. The molecule has 4 nitrogen and oxygen atoms in total. The van der Waals surface area contributed by atoms with E-state index in [9.17, 15) is 0 Å². The summed E-state index contributed by atoms with van der Waals surface area (Å²) in [6.07, 6.45) is 5.07. The predicted octanol–water partition coefficient (Wildman–Crippen LogP) is 2.24. The zero-order valence-electron chi connectivity index (χ0n) is 10.0. The summed E-state index contributed by atoms with van der Waals surface area (Å²) < 4.78 is 2.23. The highest BCUT2D eigenvalue weighted by atomic mass is 15.3. The van der Waals surface area contributed by atoms with Gasteiger partial charge >= 0.3 is 0 Å². The normalized spacial score (nSPS) is 57.4. The van der Waals surface area contributed by atoms with Gasteiger partial charge in [-0.1, -0.05) is 6.92 Å². The average Bonchev–Trinajstić information content (AvgIpc) is 2.31. The van der Waals surface area contributed by atoms with Gasteiger partial charge in [0, 0.05) is 11.8 Å². The SMILES string of the molecule is C[N+]1=N[C@H]2CC[C@@H]1[C@H]1[C@@H]3CC[C@@H](N=N3)[C@@]12C. The van der Waals surface area contributed by atoms with E-state index in [-0.39, 0.29) is 0 Å². The Morgan fingerprint density at radius 1 is 1.06 bits per heavy atom. The molecule has 0 radical (unpaired) electrons. The van der Waals surface area contributed by atoms with E-state index < -0.39 is 0 Å². The molecule has 16 heavy (non-hydrogen) atoms. The van der Waals surface area contributed by atoms with E-state index in [1.807, 2.05) is 0 Å². The maximum atomic E-state index is 4.86. The molecule has 0 aromatic heterocycles. The predicted molar refractivity (Wildman–Crippen MR) is 58.7 cm³/mol. The molecule has 0 N–H and O–H groups in total. The zero-order valence-corrected chi connectivity index (χ0v) is 10.0. The van der Waals surface area contributed by atoms with Crippen LogP contribution in [0.2, 0.25) is 0 Å². The second-order valence-corrected chi connectivity index (χ2v) is 6.13. The van der Waals surface area contributed by atoms with Crippen LogP contribution in [-0.2, 0) is 0 Å². The standard InChI is InChI=1S/C12H19N4/c1-12-9-5-3-7(13-14-9)11(12)8-4-6-10(12)15-16(8)2/h7-11H,3-6H2,1-2H3/q+1/t7-,8+,9+,10-,11+,12+/m0/s1. The van der Waals surface area contributed by atoms with Crippen LogP contribution in [0.1, 0.15) is 32.6 Å². The minimum absolute atomic E-state index is 0.320. The first kappa shape index (κ1) is 9.25. The molecule has 2 fully saturated rings. The van der Waals surface area contributed by atoms with Crippen molar-refractivity contribution in [3.8, 4) is 0 Å². The van der Waals surface area contributed by atoms with Gasteiger partial charge in [-0.2, -0.15) is 10.2 Å². The van der Waals surface area contributed by atoms with Crippen LogP contribution < -0.4 is 0 Å². The van der Waals surface area contributed by atoms with E-state index in [4.69, 9.17) is 5.11 Å². The Bertz CT molecular complexity index is 402. The lowest BCUT2D eigenvalue weighted by Crippen LogP contribution is -2.66. The molecular weight excluding hydrogens is 200 g/mol. The Kier molecular flexibility index (Phi) is 1.57. The molecule has 2 aliphatic carbocycles. The van der Waals surface area contributed by atoms with Crippen molar-refractivity contribution >= 4 is 0 Å². The van der Waals surface area contributed by atoms with Crippen LogP contribution in [0.15, 0.2) is 15.3 Å². The molecule has 2 saturated carbocycles. The summed E-state index contributed by atoms with van der Waals surface area (Å²) >= 11 is 0. The molecule has 6 rings (SSSR count). The molecular formula is C12H19N4+. The van der Waals surface area contributed by atoms with Crippen molar-refractivity contribution in [3.63, 3.8) is 0 Å². The van der Waals surface area contributed by atoms with Crippen molar-refractivity contribution in [2.45, 2.75) is 56.8 Å². The largest absolute Gasteiger partial charge is 0.190 e. The molecule has 0 aromatic rings. The summed E-state index contributed by atoms with van der Waals surface area (Å²) in [6.45, 7) is 2.43. The van der Waals surface area contributed by atoms with Crippen molar-refractivity contribution in [2.75, 3.05) is 7.05 Å². The summed E-state index contributed by atoms with van der Waals surface area (Å²) in [4.78, 5) is 0. The van der Waals surface area contributed by atoms with Gasteiger partial charge in [0.15, 0.2) is 13.1 Å². The summed E-state index contributed by atoms with van der Waals surface area (Å²) in [5.74, 6) is 0.713. The molecule has 0 aromatic carbocycles. The molecule has 4 heteroatoms. The third-order valence-corrected chi connectivity index (χ3v) is 5.61. The highest BCUT2D eigenvalue weighted by molar-refractivity contribution is 5.14. The van der Waals surface area contributed by atoms with Gasteiger partial charge < -0.3 is 0 Å². The molecule has 6 aliphatic rings. The number of nitrogens with zero attached hydrogens (tertiary/aromatic N) is 4. The lowest BCUT2D eigenvalue weighted by Gasteiger charge is -2.57. The van der Waals surface area contributed by atoms with E-state index in [2.05, 4.69) is 28.9 Å². The van der Waals surface area contributed by atoms with Crippen LogP contribution in [0.25, 0.3) is 0 Å². The Labute approximate surface area is 95.8 Å². The summed E-state index contributed by atoms with van der Waals surface area (Å²) in [6, 6.07) is 2.06. The van der Waals surface area contributed by atoms with Crippen molar-refractivity contribution < 1.29 is 4.70 Å². The Balaban J connectivity index is 1.89. The first-order chi connectivity index (χ1) is 7.71. The number of rotatable bonds is 0. The lowest BCUT2D eigenvalue weighted by atomic mass is 9.51. The Morgan fingerprint density at radius 3 is 2.56 bits per heavy atom. The van der Waals surface area contributed by atoms with E-state index in [1.54, 1.807) is 0 Å². The van der Waals surface area contributed by atoms with Crippen LogP contribution in [0.4, 0.5) is 0 Å². The molecule has 4 aliphatic heterocycles. The van der Waals surface area contributed by atoms with Crippen LogP contribution in [0.3, 0.4) is 0 Å². The van der Waals surface area contributed by atoms with Gasteiger partial charge in [0.05, 0.1) is 18.0 Å². The smallest absolute Gasteiger partial charge is 0.183 e. The van der Waals surface area contributed by atoms with E-state index >= 15 is 0 Å². The fourth-order valence-electron chi connectivity index (χ4n) is 4.77. The summed E-state index contributed by atoms with van der Waals surface area (Å²) in [5.41, 5.74) is 0.320. The van der Waals surface area contributed by atoms with Gasteiger partial charge in [0.1, 0.15) is 6.04 Å². The summed E-state index contributed by atoms with van der Waals surface area (Å²) in [7, 11) is 2.15. The number of hydrogen-bond donors (Lipinski definition) is 0. The minimum atomic E-state index is 0.320. The zero-order chi connectivity index (χ0) is 10.9. The fraction of sp³-hybridized carbons (Fsp3) is 1.00. The van der Waals surface area contributed by atoms with Crippen LogP contribution in [0, 0.1) is 11.3 Å². The highest BCUT2D eigenvalue weighted by Gasteiger charge is 2.66. The topological polar surface area (TPSA) is 40.1 Å². The van der Waals surface area contributed by atoms with Crippen LogP contribution >= 0.6 is 0 Å². The first-order valence-corrected chi connectivity index (χ1v) is 6.55.